The van der Waals surface area contributed by atoms with Crippen molar-refractivity contribution in [1.82, 2.24) is 39.8 Å². The highest BCUT2D eigenvalue weighted by Crippen LogP contribution is 2.16. The molecule has 1 aliphatic rings. The molecule has 0 unspecified atom stereocenters. The first-order chi connectivity index (χ1) is 13.8. The molecule has 1 saturated heterocycles. The van der Waals surface area contributed by atoms with Crippen LogP contribution in [0.2, 0.25) is 0 Å². The van der Waals surface area contributed by atoms with Gasteiger partial charge in [-0.15, -0.1) is 0 Å². The van der Waals surface area contributed by atoms with Gasteiger partial charge in [0.1, 0.15) is 12.2 Å². The Balaban J connectivity index is 1.35. The average Bonchev–Trinajstić information content (AvgIpc) is 3.43. The summed E-state index contributed by atoms with van der Waals surface area (Å²) in [6.07, 6.45) is 6.94. The number of amides is 2. The third kappa shape index (κ3) is 4.55. The van der Waals surface area contributed by atoms with E-state index in [2.05, 4.69) is 30.4 Å². The SMILES string of the molecule is O=C(N[C@@H](Cn1ccnc1)c1ccccc1)N1CCN(Cc2ncn[nH]2)CC1. The molecule has 2 amide bonds. The molecule has 4 rings (SSSR count). The number of carbonyl (C=O) groups excluding carboxylic acids is 1. The summed E-state index contributed by atoms with van der Waals surface area (Å²) in [6, 6.07) is 9.89. The summed E-state index contributed by atoms with van der Waals surface area (Å²) in [4.78, 5) is 25.3. The van der Waals surface area contributed by atoms with Gasteiger partial charge in [0.05, 0.1) is 18.9 Å². The van der Waals surface area contributed by atoms with E-state index in [1.54, 1.807) is 12.5 Å². The second kappa shape index (κ2) is 8.66. The molecule has 2 aromatic heterocycles. The third-order valence-corrected chi connectivity index (χ3v) is 4.95. The van der Waals surface area contributed by atoms with Gasteiger partial charge in [0.15, 0.2) is 0 Å². The molecule has 0 spiro atoms. The minimum Gasteiger partial charge on any atom is -0.335 e. The molecule has 3 aromatic rings. The lowest BCUT2D eigenvalue weighted by Gasteiger charge is -2.35. The highest BCUT2D eigenvalue weighted by atomic mass is 16.2. The van der Waals surface area contributed by atoms with Gasteiger partial charge < -0.3 is 14.8 Å². The number of hydrogen-bond acceptors (Lipinski definition) is 5. The van der Waals surface area contributed by atoms with Crippen LogP contribution in [0.15, 0.2) is 55.4 Å². The van der Waals surface area contributed by atoms with Crippen LogP contribution in [0.5, 0.6) is 0 Å². The summed E-state index contributed by atoms with van der Waals surface area (Å²) in [7, 11) is 0. The molecule has 0 aliphatic carbocycles. The van der Waals surface area contributed by atoms with Crippen molar-refractivity contribution < 1.29 is 4.79 Å². The predicted octanol–water partition coefficient (Wildman–Crippen LogP) is 1.27. The number of rotatable bonds is 6. The summed E-state index contributed by atoms with van der Waals surface area (Å²) < 4.78 is 1.98. The summed E-state index contributed by atoms with van der Waals surface area (Å²) in [5.74, 6) is 0.849. The van der Waals surface area contributed by atoms with Crippen molar-refractivity contribution in [2.24, 2.45) is 0 Å². The van der Waals surface area contributed by atoms with E-state index in [4.69, 9.17) is 0 Å². The van der Waals surface area contributed by atoms with Crippen molar-refractivity contribution in [3.05, 3.63) is 66.8 Å². The molecule has 1 fully saturated rings. The molecule has 9 heteroatoms. The topological polar surface area (TPSA) is 95.0 Å². The smallest absolute Gasteiger partial charge is 0.318 e. The number of H-pyrrole nitrogens is 1. The molecular formula is C19H24N8O. The Hall–Kier alpha value is -3.20. The van der Waals surface area contributed by atoms with Crippen molar-refractivity contribution >= 4 is 6.03 Å². The van der Waals surface area contributed by atoms with Gasteiger partial charge in [-0.2, -0.15) is 5.10 Å². The molecule has 28 heavy (non-hydrogen) atoms. The van der Waals surface area contributed by atoms with Crippen molar-refractivity contribution in [3.63, 3.8) is 0 Å². The molecular weight excluding hydrogens is 356 g/mol. The molecule has 1 aliphatic heterocycles. The number of piperazine rings is 1. The molecule has 3 heterocycles. The number of benzene rings is 1. The number of aromatic nitrogens is 5. The number of carbonyl (C=O) groups is 1. The monoisotopic (exact) mass is 380 g/mol. The maximum absolute atomic E-state index is 12.9. The van der Waals surface area contributed by atoms with Crippen LogP contribution >= 0.6 is 0 Å². The van der Waals surface area contributed by atoms with Crippen molar-refractivity contribution in [2.75, 3.05) is 26.2 Å². The summed E-state index contributed by atoms with van der Waals surface area (Å²) in [6.45, 7) is 4.36. The molecule has 0 radical (unpaired) electrons. The van der Waals surface area contributed by atoms with Crippen molar-refractivity contribution in [3.8, 4) is 0 Å². The summed E-state index contributed by atoms with van der Waals surface area (Å²) in [5, 5.41) is 9.95. The zero-order chi connectivity index (χ0) is 19.2. The van der Waals surface area contributed by atoms with Gasteiger partial charge in [0.25, 0.3) is 0 Å². The number of urea groups is 1. The Morgan fingerprint density at radius 3 is 2.68 bits per heavy atom. The van der Waals surface area contributed by atoms with E-state index >= 15 is 0 Å². The molecule has 1 aromatic carbocycles. The van der Waals surface area contributed by atoms with Crippen LogP contribution in [0.25, 0.3) is 0 Å². The lowest BCUT2D eigenvalue weighted by atomic mass is 10.1. The Labute approximate surface area is 163 Å². The average molecular weight is 380 g/mol. The number of hydrogen-bond donors (Lipinski definition) is 2. The normalized spacial score (nSPS) is 16.1. The van der Waals surface area contributed by atoms with Crippen molar-refractivity contribution in [1.29, 1.82) is 0 Å². The largest absolute Gasteiger partial charge is 0.335 e. The molecule has 0 saturated carbocycles. The van der Waals surface area contributed by atoms with Crippen LogP contribution in [-0.4, -0.2) is 66.7 Å². The second-order valence-corrected chi connectivity index (χ2v) is 6.87. The maximum Gasteiger partial charge on any atom is 0.318 e. The summed E-state index contributed by atoms with van der Waals surface area (Å²) >= 11 is 0. The van der Waals surface area contributed by atoms with E-state index in [9.17, 15) is 4.79 Å². The number of nitrogens with one attached hydrogen (secondary N) is 2. The zero-order valence-electron chi connectivity index (χ0n) is 15.6. The lowest BCUT2D eigenvalue weighted by molar-refractivity contribution is 0.131. The number of imidazole rings is 1. The van der Waals surface area contributed by atoms with Gasteiger partial charge in [-0.1, -0.05) is 30.3 Å². The van der Waals surface area contributed by atoms with E-state index < -0.39 is 0 Å². The molecule has 2 N–H and O–H groups in total. The minimum atomic E-state index is -0.116. The molecule has 146 valence electrons. The molecule has 1 atom stereocenters. The fourth-order valence-corrected chi connectivity index (χ4v) is 3.39. The number of nitrogens with zero attached hydrogens (tertiary/aromatic N) is 6. The van der Waals surface area contributed by atoms with Crippen LogP contribution in [-0.2, 0) is 13.1 Å². The van der Waals surface area contributed by atoms with E-state index in [1.807, 2.05) is 46.0 Å². The van der Waals surface area contributed by atoms with Gasteiger partial charge in [0.2, 0.25) is 0 Å². The minimum absolute atomic E-state index is 0.0340. The highest BCUT2D eigenvalue weighted by Gasteiger charge is 2.24. The highest BCUT2D eigenvalue weighted by molar-refractivity contribution is 5.74. The lowest BCUT2D eigenvalue weighted by Crippen LogP contribution is -2.52. The Kier molecular flexibility index (Phi) is 5.62. The first-order valence-electron chi connectivity index (χ1n) is 9.40. The zero-order valence-corrected chi connectivity index (χ0v) is 15.6. The van der Waals surface area contributed by atoms with Gasteiger partial charge >= 0.3 is 6.03 Å². The van der Waals surface area contributed by atoms with E-state index in [0.717, 1.165) is 31.0 Å². The van der Waals surface area contributed by atoms with Crippen LogP contribution in [0, 0.1) is 0 Å². The van der Waals surface area contributed by atoms with Gasteiger partial charge in [0, 0.05) is 45.1 Å². The first-order valence-corrected chi connectivity index (χ1v) is 9.40. The maximum atomic E-state index is 12.9. The predicted molar refractivity (Wildman–Crippen MR) is 103 cm³/mol. The molecule has 9 nitrogen and oxygen atoms in total. The first kappa shape index (κ1) is 18.2. The fourth-order valence-electron chi connectivity index (χ4n) is 3.39. The Morgan fingerprint density at radius 1 is 1.18 bits per heavy atom. The van der Waals surface area contributed by atoms with Gasteiger partial charge in [-0.05, 0) is 5.56 Å². The third-order valence-electron chi connectivity index (χ3n) is 4.95. The van der Waals surface area contributed by atoms with E-state index in [1.165, 1.54) is 6.33 Å². The van der Waals surface area contributed by atoms with E-state index in [0.29, 0.717) is 19.6 Å². The van der Waals surface area contributed by atoms with E-state index in [-0.39, 0.29) is 12.1 Å². The quantitative estimate of drug-likeness (QED) is 0.672. The second-order valence-electron chi connectivity index (χ2n) is 6.87. The van der Waals surface area contributed by atoms with Crippen LogP contribution < -0.4 is 5.32 Å². The fraction of sp³-hybridized carbons (Fsp3) is 0.368. The standard InChI is InChI=1S/C19H24N8O/c28-19(27-10-8-25(9-11-27)13-18-21-14-22-24-18)23-17(12-26-7-6-20-15-26)16-4-2-1-3-5-16/h1-7,14-15,17H,8-13H2,(H,23,28)(H,21,22,24)/t17-/m0/s1. The van der Waals surface area contributed by atoms with Gasteiger partial charge in [-0.25, -0.2) is 14.8 Å². The van der Waals surface area contributed by atoms with Crippen LogP contribution in [0.4, 0.5) is 4.79 Å². The van der Waals surface area contributed by atoms with Crippen LogP contribution in [0.3, 0.4) is 0 Å². The summed E-state index contributed by atoms with van der Waals surface area (Å²) in [5.41, 5.74) is 1.08. The van der Waals surface area contributed by atoms with Crippen molar-refractivity contribution in [2.45, 2.75) is 19.1 Å². The van der Waals surface area contributed by atoms with Gasteiger partial charge in [-0.3, -0.25) is 10.00 Å². The number of aromatic amines is 1. The Bertz CT molecular complexity index is 841. The van der Waals surface area contributed by atoms with Crippen LogP contribution in [0.1, 0.15) is 17.4 Å². The molecule has 0 bridgehead atoms. The Morgan fingerprint density at radius 2 is 2.00 bits per heavy atom.